The average molecular weight is 354 g/mol. The lowest BCUT2D eigenvalue weighted by atomic mass is 9.86. The Bertz CT molecular complexity index is 1070. The van der Waals surface area contributed by atoms with Crippen molar-refractivity contribution < 1.29 is 0 Å². The molecule has 0 radical (unpaired) electrons. The molecule has 0 amide bonds. The van der Waals surface area contributed by atoms with E-state index in [1.807, 2.05) is 6.07 Å². The van der Waals surface area contributed by atoms with E-state index in [1.165, 1.54) is 33.2 Å². The molecular weight excluding hydrogens is 328 g/mol. The van der Waals surface area contributed by atoms with Crippen molar-refractivity contribution in [2.24, 2.45) is 0 Å². The minimum absolute atomic E-state index is 0.157. The molecule has 0 saturated carbocycles. The van der Waals surface area contributed by atoms with Gasteiger partial charge in [0.05, 0.1) is 0 Å². The fourth-order valence-electron chi connectivity index (χ4n) is 3.61. The van der Waals surface area contributed by atoms with Crippen LogP contribution in [0.5, 0.6) is 0 Å². The summed E-state index contributed by atoms with van der Waals surface area (Å²) in [5.74, 6) is 0. The van der Waals surface area contributed by atoms with Crippen LogP contribution in [0.2, 0.25) is 0 Å². The third-order valence-electron chi connectivity index (χ3n) is 5.16. The van der Waals surface area contributed by atoms with Crippen LogP contribution in [0.25, 0.3) is 22.0 Å². The Morgan fingerprint density at radius 2 is 1.56 bits per heavy atom. The normalized spacial score (nSPS) is 11.8. The average Bonchev–Trinajstić information content (AvgIpc) is 2.99. The number of anilines is 1. The highest BCUT2D eigenvalue weighted by Gasteiger charge is 2.15. The second kappa shape index (κ2) is 6.62. The second-order valence-electron chi connectivity index (χ2n) is 8.26. The summed E-state index contributed by atoms with van der Waals surface area (Å²) in [6.07, 6.45) is 2.25. The number of benzene rings is 3. The summed E-state index contributed by atoms with van der Waals surface area (Å²) in [5, 5.41) is 1.20. The zero-order valence-corrected chi connectivity index (χ0v) is 16.2. The van der Waals surface area contributed by atoms with Crippen molar-refractivity contribution in [1.29, 1.82) is 0 Å². The quantitative estimate of drug-likeness (QED) is 0.434. The van der Waals surface area contributed by atoms with E-state index in [0.717, 1.165) is 12.2 Å². The van der Waals surface area contributed by atoms with Crippen molar-refractivity contribution >= 4 is 16.6 Å². The Morgan fingerprint density at radius 3 is 2.22 bits per heavy atom. The van der Waals surface area contributed by atoms with Crippen LogP contribution in [0.4, 0.5) is 5.69 Å². The molecule has 0 aliphatic heterocycles. The second-order valence-corrected chi connectivity index (χ2v) is 8.26. The highest BCUT2D eigenvalue weighted by Crippen LogP contribution is 2.34. The molecule has 0 aliphatic rings. The summed E-state index contributed by atoms with van der Waals surface area (Å²) in [6.45, 7) is 7.58. The Balaban J connectivity index is 1.82. The number of rotatable bonds is 3. The summed E-state index contributed by atoms with van der Waals surface area (Å²) in [6, 6.07) is 25.7. The van der Waals surface area contributed by atoms with Crippen molar-refractivity contribution in [3.8, 4) is 11.1 Å². The summed E-state index contributed by atoms with van der Waals surface area (Å²) in [7, 11) is 0. The van der Waals surface area contributed by atoms with Gasteiger partial charge in [0.2, 0.25) is 0 Å². The Labute approximate surface area is 161 Å². The molecule has 4 rings (SSSR count). The number of nitrogen functional groups attached to an aromatic ring is 1. The number of hydrogen-bond donors (Lipinski definition) is 1. The van der Waals surface area contributed by atoms with E-state index in [1.54, 1.807) is 0 Å². The molecule has 2 N–H and O–H groups in total. The highest BCUT2D eigenvalue weighted by atomic mass is 15.0. The largest absolute Gasteiger partial charge is 0.399 e. The topological polar surface area (TPSA) is 30.9 Å². The number of aromatic nitrogens is 1. The van der Waals surface area contributed by atoms with Crippen LogP contribution in [0.3, 0.4) is 0 Å². The standard InChI is InChI=1S/C25H26N2/c1-25(2,3)20-11-9-19(10-12-20)23-17-27(16-18-7-5-4-6-8-18)24-14-13-21(26)15-22(23)24/h4-15,17H,16,26H2,1-3H3. The van der Waals surface area contributed by atoms with Crippen LogP contribution in [0, 0.1) is 0 Å². The summed E-state index contributed by atoms with van der Waals surface area (Å²) in [5.41, 5.74) is 13.4. The van der Waals surface area contributed by atoms with E-state index in [0.29, 0.717) is 0 Å². The molecule has 0 spiro atoms. The number of nitrogens with zero attached hydrogens (tertiary/aromatic N) is 1. The number of nitrogens with two attached hydrogens (primary N) is 1. The van der Waals surface area contributed by atoms with Gasteiger partial charge in [0.15, 0.2) is 0 Å². The van der Waals surface area contributed by atoms with E-state index >= 15 is 0 Å². The predicted molar refractivity (Wildman–Crippen MR) is 116 cm³/mol. The summed E-state index contributed by atoms with van der Waals surface area (Å²) < 4.78 is 2.32. The van der Waals surface area contributed by atoms with E-state index in [4.69, 9.17) is 5.73 Å². The van der Waals surface area contributed by atoms with Gasteiger partial charge in [0.1, 0.15) is 0 Å². The summed E-state index contributed by atoms with van der Waals surface area (Å²) in [4.78, 5) is 0. The molecule has 3 aromatic carbocycles. The maximum absolute atomic E-state index is 6.10. The molecule has 0 fully saturated rings. The van der Waals surface area contributed by atoms with Gasteiger partial charge in [-0.3, -0.25) is 0 Å². The maximum atomic E-state index is 6.10. The van der Waals surface area contributed by atoms with Crippen LogP contribution in [-0.2, 0) is 12.0 Å². The Morgan fingerprint density at radius 1 is 0.852 bits per heavy atom. The van der Waals surface area contributed by atoms with Crippen molar-refractivity contribution in [2.45, 2.75) is 32.7 Å². The molecule has 0 unspecified atom stereocenters. The molecule has 4 aromatic rings. The zero-order valence-electron chi connectivity index (χ0n) is 16.2. The van der Waals surface area contributed by atoms with Gasteiger partial charge in [-0.25, -0.2) is 0 Å². The van der Waals surface area contributed by atoms with Gasteiger partial charge >= 0.3 is 0 Å². The fourth-order valence-corrected chi connectivity index (χ4v) is 3.61. The number of fused-ring (bicyclic) bond motifs is 1. The lowest BCUT2D eigenvalue weighted by Crippen LogP contribution is -2.10. The molecular formula is C25H26N2. The van der Waals surface area contributed by atoms with Gasteiger partial charge in [-0.1, -0.05) is 75.4 Å². The zero-order chi connectivity index (χ0) is 19.0. The van der Waals surface area contributed by atoms with Crippen LogP contribution >= 0.6 is 0 Å². The molecule has 0 bridgehead atoms. The fraction of sp³-hybridized carbons (Fsp3) is 0.200. The third-order valence-corrected chi connectivity index (χ3v) is 5.16. The van der Waals surface area contributed by atoms with Gasteiger partial charge in [-0.2, -0.15) is 0 Å². The first kappa shape index (κ1) is 17.4. The molecule has 0 saturated heterocycles. The summed E-state index contributed by atoms with van der Waals surface area (Å²) >= 11 is 0. The molecule has 27 heavy (non-hydrogen) atoms. The predicted octanol–water partition coefficient (Wildman–Crippen LogP) is 6.24. The molecule has 2 nitrogen and oxygen atoms in total. The van der Waals surface area contributed by atoms with Crippen molar-refractivity contribution in [3.05, 3.63) is 90.1 Å². The first-order chi connectivity index (χ1) is 12.9. The van der Waals surface area contributed by atoms with Crippen LogP contribution in [-0.4, -0.2) is 4.57 Å². The SMILES string of the molecule is CC(C)(C)c1ccc(-c2cn(Cc3ccccc3)c3ccc(N)cc23)cc1. The van der Waals surface area contributed by atoms with Gasteiger partial charge in [-0.05, 0) is 40.3 Å². The van der Waals surface area contributed by atoms with E-state index in [-0.39, 0.29) is 5.41 Å². The molecule has 0 atom stereocenters. The molecule has 1 heterocycles. The van der Waals surface area contributed by atoms with E-state index < -0.39 is 0 Å². The van der Waals surface area contributed by atoms with Crippen LogP contribution in [0.15, 0.2) is 79.0 Å². The maximum Gasteiger partial charge on any atom is 0.0491 e. The Hall–Kier alpha value is -3.00. The molecule has 2 heteroatoms. The van der Waals surface area contributed by atoms with E-state index in [2.05, 4.69) is 98.3 Å². The third kappa shape index (κ3) is 3.48. The van der Waals surface area contributed by atoms with Gasteiger partial charge in [0.25, 0.3) is 0 Å². The first-order valence-electron chi connectivity index (χ1n) is 9.45. The van der Waals surface area contributed by atoms with Crippen molar-refractivity contribution in [3.63, 3.8) is 0 Å². The smallest absolute Gasteiger partial charge is 0.0491 e. The molecule has 0 aliphatic carbocycles. The van der Waals surface area contributed by atoms with Gasteiger partial charge in [0, 0.05) is 34.9 Å². The van der Waals surface area contributed by atoms with E-state index in [9.17, 15) is 0 Å². The molecule has 136 valence electrons. The minimum Gasteiger partial charge on any atom is -0.399 e. The van der Waals surface area contributed by atoms with Crippen LogP contribution < -0.4 is 5.73 Å². The van der Waals surface area contributed by atoms with Crippen molar-refractivity contribution in [1.82, 2.24) is 4.57 Å². The first-order valence-corrected chi connectivity index (χ1v) is 9.45. The monoisotopic (exact) mass is 354 g/mol. The highest BCUT2D eigenvalue weighted by molar-refractivity contribution is 5.97. The number of hydrogen-bond acceptors (Lipinski definition) is 1. The van der Waals surface area contributed by atoms with Crippen molar-refractivity contribution in [2.75, 3.05) is 5.73 Å². The Kier molecular flexibility index (Phi) is 4.27. The molecule has 1 aromatic heterocycles. The lowest BCUT2D eigenvalue weighted by Gasteiger charge is -2.19. The lowest BCUT2D eigenvalue weighted by molar-refractivity contribution is 0.590. The minimum atomic E-state index is 0.157. The van der Waals surface area contributed by atoms with Gasteiger partial charge < -0.3 is 10.3 Å². The van der Waals surface area contributed by atoms with Gasteiger partial charge in [-0.15, -0.1) is 0 Å². The van der Waals surface area contributed by atoms with Crippen LogP contribution in [0.1, 0.15) is 31.9 Å².